The molecule has 2 amide bonds. The second kappa shape index (κ2) is 9.93. The largest absolute Gasteiger partial charge is 0.478 e. The Balaban J connectivity index is 1.44. The summed E-state index contributed by atoms with van der Waals surface area (Å²) >= 11 is 15.7. The molecular formula is C20H14Cl2IN7O4S. The molecule has 11 nitrogen and oxygen atoms in total. The Morgan fingerprint density at radius 1 is 1.17 bits per heavy atom. The van der Waals surface area contributed by atoms with E-state index in [0.29, 0.717) is 10.4 Å². The topological polar surface area (TPSA) is 186 Å². The maximum atomic E-state index is 12.8. The van der Waals surface area contributed by atoms with Gasteiger partial charge in [0.15, 0.2) is 23.4 Å². The van der Waals surface area contributed by atoms with E-state index in [1.54, 1.807) is 40.1 Å². The normalized spacial score (nSPS) is 14.1. The van der Waals surface area contributed by atoms with Crippen molar-refractivity contribution in [3.63, 3.8) is 0 Å². The molecule has 0 fully saturated rings. The molecule has 3 aromatic rings. The first-order chi connectivity index (χ1) is 16.6. The molecule has 0 aliphatic carbocycles. The number of nitrogens with one attached hydrogen (secondary N) is 3. The zero-order valence-electron chi connectivity index (χ0n) is 17.3. The van der Waals surface area contributed by atoms with Crippen LogP contribution in [0.2, 0.25) is 10.0 Å². The van der Waals surface area contributed by atoms with E-state index >= 15 is 0 Å². The number of nitrogen functional groups attached to an aromatic ring is 2. The highest BCUT2D eigenvalue weighted by molar-refractivity contribution is 14.1. The molecule has 1 atom stereocenters. The molecule has 2 aromatic heterocycles. The van der Waals surface area contributed by atoms with Crippen molar-refractivity contribution in [2.75, 3.05) is 11.5 Å². The van der Waals surface area contributed by atoms with Gasteiger partial charge in [-0.3, -0.25) is 30.4 Å². The van der Waals surface area contributed by atoms with E-state index in [-0.39, 0.29) is 54.6 Å². The number of amides is 2. The number of carbonyl (C=O) groups is 3. The lowest BCUT2D eigenvalue weighted by Crippen LogP contribution is -2.48. The fraction of sp³-hybridized carbons (Fsp3) is 0.100. The lowest BCUT2D eigenvalue weighted by molar-refractivity contribution is -0.125. The van der Waals surface area contributed by atoms with Crippen LogP contribution >= 0.6 is 57.1 Å². The van der Waals surface area contributed by atoms with Crippen molar-refractivity contribution in [1.29, 1.82) is 5.41 Å². The van der Waals surface area contributed by atoms with Gasteiger partial charge in [-0.25, -0.2) is 9.97 Å². The first-order valence-corrected chi connectivity index (χ1v) is 12.3. The number of nitrogens with zero attached hydrogens (tertiary/aromatic N) is 2. The van der Waals surface area contributed by atoms with Crippen molar-refractivity contribution in [2.24, 2.45) is 0 Å². The number of halogens is 3. The van der Waals surface area contributed by atoms with Gasteiger partial charge in [-0.1, -0.05) is 29.3 Å². The van der Waals surface area contributed by atoms with Crippen molar-refractivity contribution in [1.82, 2.24) is 20.6 Å². The second-order valence-corrected chi connectivity index (χ2v) is 9.83. The van der Waals surface area contributed by atoms with Gasteiger partial charge in [-0.2, -0.15) is 0 Å². The zero-order valence-corrected chi connectivity index (χ0v) is 21.8. The van der Waals surface area contributed by atoms with Crippen LogP contribution < -0.4 is 26.8 Å². The molecule has 1 unspecified atom stereocenters. The summed E-state index contributed by atoms with van der Waals surface area (Å²) in [4.78, 5) is 46.1. The molecular weight excluding hydrogens is 632 g/mol. The number of nitrogens with two attached hydrogens (primary N) is 2. The first-order valence-electron chi connectivity index (χ1n) is 9.61. The van der Waals surface area contributed by atoms with Gasteiger partial charge < -0.3 is 16.2 Å². The Kier molecular flexibility index (Phi) is 7.12. The van der Waals surface area contributed by atoms with Gasteiger partial charge in [-0.05, 0) is 40.1 Å². The fourth-order valence-electron chi connectivity index (χ4n) is 3.19. The molecule has 0 radical (unpaired) electrons. The molecule has 0 bridgehead atoms. The molecule has 1 aromatic carbocycles. The minimum atomic E-state index is -1.08. The summed E-state index contributed by atoms with van der Waals surface area (Å²) < 4.78 is 5.89. The first kappa shape index (κ1) is 25.1. The smallest absolute Gasteiger partial charge is 0.280 e. The van der Waals surface area contributed by atoms with Crippen LogP contribution in [0.4, 0.5) is 11.6 Å². The third kappa shape index (κ3) is 5.03. The number of benzene rings is 1. The van der Waals surface area contributed by atoms with Crippen molar-refractivity contribution in [2.45, 2.75) is 12.5 Å². The van der Waals surface area contributed by atoms with Gasteiger partial charge in [0, 0.05) is 17.5 Å². The number of ketones is 1. The lowest BCUT2D eigenvalue weighted by atomic mass is 10.0. The number of guanidine groups is 1. The summed E-state index contributed by atoms with van der Waals surface area (Å²) in [6, 6.07) is 4.95. The Morgan fingerprint density at radius 3 is 2.60 bits per heavy atom. The Bertz CT molecular complexity index is 1400. The molecule has 3 heterocycles. The Labute approximate surface area is 225 Å². The van der Waals surface area contributed by atoms with Crippen LogP contribution in [0.1, 0.15) is 31.3 Å². The highest BCUT2D eigenvalue weighted by atomic mass is 127. The van der Waals surface area contributed by atoms with Crippen molar-refractivity contribution in [3.8, 4) is 5.75 Å². The SMILES string of the molecule is N=C(NC(=O)c1nc(I)c(N)nc1N)NC(=O)C1Cc2cc(C(=O)c3cccs3)c(Cl)c(Cl)c2O1. The van der Waals surface area contributed by atoms with Crippen LogP contribution in [0.25, 0.3) is 0 Å². The molecule has 180 valence electrons. The van der Waals surface area contributed by atoms with E-state index in [2.05, 4.69) is 20.6 Å². The van der Waals surface area contributed by atoms with E-state index < -0.39 is 23.9 Å². The molecule has 35 heavy (non-hydrogen) atoms. The number of aromatic nitrogens is 2. The Morgan fingerprint density at radius 2 is 1.91 bits per heavy atom. The summed E-state index contributed by atoms with van der Waals surface area (Å²) in [7, 11) is 0. The highest BCUT2D eigenvalue weighted by Crippen LogP contribution is 2.43. The maximum Gasteiger partial charge on any atom is 0.280 e. The van der Waals surface area contributed by atoms with Crippen LogP contribution in [-0.2, 0) is 11.2 Å². The number of anilines is 2. The number of fused-ring (bicyclic) bond motifs is 1. The van der Waals surface area contributed by atoms with E-state index in [0.717, 1.165) is 0 Å². The monoisotopic (exact) mass is 645 g/mol. The molecule has 1 aliphatic heterocycles. The molecule has 15 heteroatoms. The number of carbonyl (C=O) groups excluding carboxylic acids is 3. The van der Waals surface area contributed by atoms with E-state index in [4.69, 9.17) is 44.8 Å². The van der Waals surface area contributed by atoms with Crippen LogP contribution in [0.5, 0.6) is 5.75 Å². The standard InChI is InChI=1S/C20H14Cl2IN7O4S/c21-10-7(13(31)9-2-1-3-35-9)4-6-5-8(34-14(6)11(10)22)18(32)29-20(26)30-19(33)12-16(24)28-17(25)15(23)27-12/h1-4,8H,5H2,(H4,24,25,28)(H3,26,29,30,32,33). The van der Waals surface area contributed by atoms with Crippen molar-refractivity contribution in [3.05, 3.63) is 59.0 Å². The number of rotatable bonds is 4. The molecule has 1 aliphatic rings. The van der Waals surface area contributed by atoms with E-state index in [1.165, 1.54) is 17.4 Å². The average Bonchev–Trinajstić information content (AvgIpc) is 3.48. The Hall–Kier alpha value is -3.01. The van der Waals surface area contributed by atoms with Crippen LogP contribution in [0.15, 0.2) is 23.6 Å². The third-order valence-electron chi connectivity index (χ3n) is 4.79. The fourth-order valence-corrected chi connectivity index (χ4v) is 4.73. The van der Waals surface area contributed by atoms with Gasteiger partial charge in [0.1, 0.15) is 14.5 Å². The summed E-state index contributed by atoms with van der Waals surface area (Å²) in [5.74, 6) is -2.52. The van der Waals surface area contributed by atoms with Gasteiger partial charge >= 0.3 is 0 Å². The number of hydrogen-bond acceptors (Lipinski definition) is 10. The number of ether oxygens (including phenoxy) is 1. The minimum absolute atomic E-state index is 0.00903. The van der Waals surface area contributed by atoms with Gasteiger partial charge in [0.05, 0.1) is 9.90 Å². The predicted molar refractivity (Wildman–Crippen MR) is 139 cm³/mol. The van der Waals surface area contributed by atoms with Gasteiger partial charge in [0.25, 0.3) is 11.8 Å². The van der Waals surface area contributed by atoms with Crippen LogP contribution in [0.3, 0.4) is 0 Å². The van der Waals surface area contributed by atoms with Crippen LogP contribution in [0, 0.1) is 9.11 Å². The minimum Gasteiger partial charge on any atom is -0.478 e. The molecule has 0 saturated carbocycles. The third-order valence-corrected chi connectivity index (χ3v) is 7.31. The molecule has 4 rings (SSSR count). The quantitative estimate of drug-likeness (QED) is 0.124. The predicted octanol–water partition coefficient (Wildman–Crippen LogP) is 2.63. The maximum absolute atomic E-state index is 12.8. The highest BCUT2D eigenvalue weighted by Gasteiger charge is 2.34. The van der Waals surface area contributed by atoms with Gasteiger partial charge in [-0.15, -0.1) is 11.3 Å². The average molecular weight is 646 g/mol. The summed E-state index contributed by atoms with van der Waals surface area (Å²) in [5.41, 5.74) is 11.7. The summed E-state index contributed by atoms with van der Waals surface area (Å²) in [5, 5.41) is 14.1. The number of hydrogen-bond donors (Lipinski definition) is 5. The van der Waals surface area contributed by atoms with E-state index in [9.17, 15) is 14.4 Å². The van der Waals surface area contributed by atoms with Crippen molar-refractivity contribution >= 4 is 92.3 Å². The zero-order chi connectivity index (χ0) is 25.4. The molecule has 0 spiro atoms. The number of thiophene rings is 1. The van der Waals surface area contributed by atoms with Gasteiger partial charge in [0.2, 0.25) is 11.7 Å². The summed E-state index contributed by atoms with van der Waals surface area (Å²) in [6.45, 7) is 0. The lowest BCUT2D eigenvalue weighted by Gasteiger charge is -2.13. The summed E-state index contributed by atoms with van der Waals surface area (Å²) in [6.07, 6.45) is -1.01. The van der Waals surface area contributed by atoms with Crippen molar-refractivity contribution < 1.29 is 19.1 Å². The van der Waals surface area contributed by atoms with Crippen LogP contribution in [-0.4, -0.2) is 39.6 Å². The van der Waals surface area contributed by atoms with E-state index in [1.807, 2.05) is 0 Å². The molecule has 7 N–H and O–H groups in total. The molecule has 0 saturated heterocycles. The second-order valence-electron chi connectivity index (χ2n) is 7.11.